The molecule has 0 aromatic rings. The van der Waals surface area contributed by atoms with E-state index in [9.17, 15) is 0 Å². The van der Waals surface area contributed by atoms with Crippen molar-refractivity contribution >= 4 is 10.4 Å². The third kappa shape index (κ3) is 31.9. The van der Waals surface area contributed by atoms with Gasteiger partial charge in [0.25, 0.3) is 0 Å². The molecule has 1 atom stereocenters. The normalized spacial score (nSPS) is 13.4. The smallest absolute Gasteiger partial charge is 0.386 e. The lowest BCUT2D eigenvalue weighted by Gasteiger charge is -2.25. The van der Waals surface area contributed by atoms with E-state index in [4.69, 9.17) is 27.9 Å². The first-order valence-electron chi connectivity index (χ1n) is 4.01. The highest BCUT2D eigenvalue weighted by atomic mass is 32.3. The van der Waals surface area contributed by atoms with Crippen LogP contribution in [0.1, 0.15) is 6.42 Å². The number of quaternary nitrogens is 1. The van der Waals surface area contributed by atoms with Gasteiger partial charge in [-0.2, -0.15) is 13.7 Å². The van der Waals surface area contributed by atoms with Crippen molar-refractivity contribution in [3.63, 3.8) is 0 Å². The van der Waals surface area contributed by atoms with Crippen molar-refractivity contribution in [1.29, 1.82) is 5.26 Å². The minimum atomic E-state index is -4.67. The summed E-state index contributed by atoms with van der Waals surface area (Å²) in [6.45, 7) is 0.633. The minimum Gasteiger partial charge on any atom is -0.386 e. The van der Waals surface area contributed by atoms with E-state index in [1.807, 2.05) is 27.2 Å². The van der Waals surface area contributed by atoms with Gasteiger partial charge in [0.1, 0.15) is 12.6 Å². The lowest BCUT2D eigenvalue weighted by Crippen LogP contribution is -2.41. The quantitative estimate of drug-likeness (QED) is 0.444. The van der Waals surface area contributed by atoms with E-state index in [2.05, 4.69) is 0 Å². The first-order chi connectivity index (χ1) is 6.45. The summed E-state index contributed by atoms with van der Waals surface area (Å²) in [7, 11) is 1.29. The second kappa shape index (κ2) is 6.71. The molecule has 0 fully saturated rings. The van der Waals surface area contributed by atoms with Crippen LogP contribution in [-0.2, 0) is 10.4 Å². The van der Waals surface area contributed by atoms with Gasteiger partial charge in [-0.1, -0.05) is 0 Å². The summed E-state index contributed by atoms with van der Waals surface area (Å²) in [5.74, 6) is 0. The van der Waals surface area contributed by atoms with Crippen molar-refractivity contribution in [2.75, 3.05) is 27.7 Å². The van der Waals surface area contributed by atoms with Crippen LogP contribution < -0.4 is 0 Å². The fourth-order valence-electron chi connectivity index (χ4n) is 0.802. The predicted octanol–water partition coefficient (Wildman–Crippen LogP) is -0.686. The predicted molar refractivity (Wildman–Crippen MR) is 53.3 cm³/mol. The van der Waals surface area contributed by atoms with Crippen LogP contribution in [0, 0.1) is 11.3 Å². The molecule has 0 rings (SSSR count). The molecule has 0 amide bonds. The zero-order valence-corrected chi connectivity index (χ0v) is 9.77. The summed E-state index contributed by atoms with van der Waals surface area (Å²) in [4.78, 5) is 0. The van der Waals surface area contributed by atoms with Crippen molar-refractivity contribution in [3.05, 3.63) is 0 Å². The maximum absolute atomic E-state index is 9.15. The zero-order valence-electron chi connectivity index (χ0n) is 8.95. The van der Waals surface area contributed by atoms with Gasteiger partial charge in [0.05, 0.1) is 33.6 Å². The van der Waals surface area contributed by atoms with Gasteiger partial charge in [0.2, 0.25) is 0 Å². The van der Waals surface area contributed by atoms with Crippen LogP contribution in [0.4, 0.5) is 0 Å². The lowest BCUT2D eigenvalue weighted by molar-refractivity contribution is -0.873. The molecule has 1 unspecified atom stereocenters. The van der Waals surface area contributed by atoms with Gasteiger partial charge < -0.3 is 9.59 Å². The van der Waals surface area contributed by atoms with Gasteiger partial charge in [0, 0.05) is 0 Å². The molecule has 0 radical (unpaired) electrons. The molecular formula is C7H17N2O5S+. The van der Waals surface area contributed by atoms with E-state index in [0.29, 0.717) is 11.0 Å². The van der Waals surface area contributed by atoms with Crippen molar-refractivity contribution < 1.29 is 27.1 Å². The molecule has 90 valence electrons. The van der Waals surface area contributed by atoms with Crippen molar-refractivity contribution in [3.8, 4) is 6.07 Å². The molecule has 0 aliphatic carbocycles. The van der Waals surface area contributed by atoms with Crippen LogP contribution in [0.15, 0.2) is 0 Å². The molecule has 3 N–H and O–H groups in total. The number of aliphatic hydroxyl groups excluding tert-OH is 1. The van der Waals surface area contributed by atoms with Crippen LogP contribution >= 0.6 is 0 Å². The molecule has 0 aliphatic heterocycles. The summed E-state index contributed by atoms with van der Waals surface area (Å²) < 4.78 is 32.3. The van der Waals surface area contributed by atoms with Crippen LogP contribution in [0.3, 0.4) is 0 Å². The first kappa shape index (κ1) is 16.7. The third-order valence-electron chi connectivity index (χ3n) is 1.09. The number of aliphatic hydroxyl groups is 1. The molecule has 0 aromatic heterocycles. The number of hydrogen-bond acceptors (Lipinski definition) is 4. The van der Waals surface area contributed by atoms with E-state index >= 15 is 0 Å². The number of hydrogen-bond donors (Lipinski definition) is 3. The summed E-state index contributed by atoms with van der Waals surface area (Å²) in [6.07, 6.45) is -0.250. The second-order valence-corrected chi connectivity index (χ2v) is 4.83. The van der Waals surface area contributed by atoms with E-state index in [1.54, 1.807) is 0 Å². The van der Waals surface area contributed by atoms with Gasteiger partial charge in [-0.25, -0.2) is 0 Å². The topological polar surface area (TPSA) is 119 Å². The summed E-state index contributed by atoms with van der Waals surface area (Å²) in [5, 5.41) is 17.4. The third-order valence-corrected chi connectivity index (χ3v) is 1.09. The molecule has 0 heterocycles. The van der Waals surface area contributed by atoms with E-state index in [1.165, 1.54) is 0 Å². The van der Waals surface area contributed by atoms with Crippen molar-refractivity contribution in [2.45, 2.75) is 12.5 Å². The maximum Gasteiger partial charge on any atom is 0.394 e. The molecule has 15 heavy (non-hydrogen) atoms. The Morgan fingerprint density at radius 2 is 1.67 bits per heavy atom. The Kier molecular flexibility index (Phi) is 7.47. The van der Waals surface area contributed by atoms with Gasteiger partial charge in [0.15, 0.2) is 0 Å². The Balaban J connectivity index is 0. The molecule has 0 aromatic carbocycles. The van der Waals surface area contributed by atoms with Gasteiger partial charge in [-0.05, 0) is 0 Å². The molecule has 0 spiro atoms. The van der Waals surface area contributed by atoms with Gasteiger partial charge >= 0.3 is 10.4 Å². The fraction of sp³-hybridized carbons (Fsp3) is 0.857. The molecule has 7 nitrogen and oxygen atoms in total. The molecule has 0 aliphatic rings. The highest BCUT2D eigenvalue weighted by Crippen LogP contribution is 1.97. The largest absolute Gasteiger partial charge is 0.394 e. The Morgan fingerprint density at radius 3 is 1.87 bits per heavy atom. The maximum atomic E-state index is 9.15. The van der Waals surface area contributed by atoms with Gasteiger partial charge in [-0.3, -0.25) is 9.11 Å². The summed E-state index contributed by atoms with van der Waals surface area (Å²) in [5.41, 5.74) is 0. The molecule has 8 heteroatoms. The molecular weight excluding hydrogens is 224 g/mol. The SMILES string of the molecule is C[N+](C)(C)CC(O)CC#N.O=S(=O)(O)O. The fourth-order valence-corrected chi connectivity index (χ4v) is 0.802. The van der Waals surface area contributed by atoms with Crippen LogP contribution in [0.5, 0.6) is 0 Å². The highest BCUT2D eigenvalue weighted by Gasteiger charge is 2.14. The first-order valence-corrected chi connectivity index (χ1v) is 5.41. The number of likely N-dealkylation sites (N-methyl/N-ethyl adjacent to an activating group) is 1. The number of nitrogens with zero attached hydrogens (tertiary/aromatic N) is 2. The van der Waals surface area contributed by atoms with Crippen LogP contribution in [0.2, 0.25) is 0 Å². The molecule has 0 saturated heterocycles. The Hall–Kier alpha value is -0.720. The molecule has 0 saturated carbocycles. The van der Waals surface area contributed by atoms with E-state index < -0.39 is 16.5 Å². The van der Waals surface area contributed by atoms with Crippen LogP contribution in [0.25, 0.3) is 0 Å². The van der Waals surface area contributed by atoms with Gasteiger partial charge in [-0.15, -0.1) is 0 Å². The Bertz CT molecular complexity index is 292. The monoisotopic (exact) mass is 241 g/mol. The number of rotatable bonds is 3. The average molecular weight is 241 g/mol. The van der Waals surface area contributed by atoms with Crippen LogP contribution in [-0.4, -0.2) is 60.9 Å². The van der Waals surface area contributed by atoms with Crippen molar-refractivity contribution in [1.82, 2.24) is 0 Å². The summed E-state index contributed by atoms with van der Waals surface area (Å²) >= 11 is 0. The van der Waals surface area contributed by atoms with Crippen molar-refractivity contribution in [2.24, 2.45) is 0 Å². The molecule has 0 bridgehead atoms. The Labute approximate surface area is 89.7 Å². The Morgan fingerprint density at radius 1 is 1.33 bits per heavy atom. The number of nitriles is 1. The average Bonchev–Trinajstić information content (AvgIpc) is 1.77. The second-order valence-electron chi connectivity index (χ2n) is 3.94. The standard InChI is InChI=1S/C7H15N2O.H2O4S/c1-9(2,3)6-7(10)4-5-8;1-5(2,3)4/h7,10H,4,6H2,1-3H3;(H2,1,2,3,4)/q+1;. The van der Waals surface area contributed by atoms with E-state index in [-0.39, 0.29) is 6.42 Å². The van der Waals surface area contributed by atoms with E-state index in [0.717, 1.165) is 0 Å². The lowest BCUT2D eigenvalue weighted by atomic mass is 10.2. The summed E-state index contributed by atoms with van der Waals surface area (Å²) in [6, 6.07) is 1.93. The minimum absolute atomic E-state index is 0.232. The highest BCUT2D eigenvalue weighted by molar-refractivity contribution is 7.79. The zero-order chi connectivity index (χ0) is 12.7.